The Morgan fingerprint density at radius 1 is 1.33 bits per heavy atom. The van der Waals surface area contributed by atoms with E-state index in [1.807, 2.05) is 25.1 Å². The smallest absolute Gasteiger partial charge is 0.218 e. The third kappa shape index (κ3) is 3.97. The molecule has 118 valence electrons. The fraction of sp³-hybridized carbons (Fsp3) is 0.600. The summed E-state index contributed by atoms with van der Waals surface area (Å²) in [5.74, 6) is 0. The highest BCUT2D eigenvalue weighted by molar-refractivity contribution is 7.89. The predicted octanol–water partition coefficient (Wildman–Crippen LogP) is 2.80. The van der Waals surface area contributed by atoms with E-state index in [4.69, 9.17) is 11.6 Å². The third-order valence-corrected chi connectivity index (χ3v) is 6.73. The Balaban J connectivity index is 2.09. The van der Waals surface area contributed by atoms with Gasteiger partial charge in [-0.05, 0) is 38.3 Å². The summed E-state index contributed by atoms with van der Waals surface area (Å²) in [6.45, 7) is 4.10. The molecule has 0 aromatic heterocycles. The first kappa shape index (κ1) is 16.7. The molecule has 1 aliphatic rings. The van der Waals surface area contributed by atoms with Crippen LogP contribution in [0.3, 0.4) is 0 Å². The molecular formula is C15H23ClN2O2S. The zero-order valence-electron chi connectivity index (χ0n) is 12.7. The molecule has 6 heteroatoms. The van der Waals surface area contributed by atoms with Crippen molar-refractivity contribution in [1.29, 1.82) is 0 Å². The van der Waals surface area contributed by atoms with Crippen molar-refractivity contribution in [2.45, 2.75) is 44.0 Å². The zero-order chi connectivity index (χ0) is 15.6. The van der Waals surface area contributed by atoms with Crippen LogP contribution in [0.25, 0.3) is 0 Å². The fourth-order valence-corrected chi connectivity index (χ4v) is 3.96. The first-order chi connectivity index (χ1) is 9.84. The van der Waals surface area contributed by atoms with Crippen molar-refractivity contribution in [3.05, 3.63) is 34.9 Å². The van der Waals surface area contributed by atoms with Gasteiger partial charge in [0, 0.05) is 30.7 Å². The molecule has 1 aliphatic carbocycles. The van der Waals surface area contributed by atoms with Crippen LogP contribution in [-0.2, 0) is 10.0 Å². The van der Waals surface area contributed by atoms with Crippen molar-refractivity contribution in [3.8, 4) is 0 Å². The van der Waals surface area contributed by atoms with Crippen molar-refractivity contribution in [3.63, 3.8) is 0 Å². The number of halogens is 1. The summed E-state index contributed by atoms with van der Waals surface area (Å²) in [6, 6.07) is 7.59. The van der Waals surface area contributed by atoms with E-state index in [1.165, 1.54) is 4.31 Å². The van der Waals surface area contributed by atoms with Crippen LogP contribution in [-0.4, -0.2) is 37.6 Å². The van der Waals surface area contributed by atoms with E-state index < -0.39 is 15.3 Å². The Kier molecular flexibility index (Phi) is 5.30. The number of hydrogen-bond donors (Lipinski definition) is 1. The lowest BCUT2D eigenvalue weighted by Gasteiger charge is -2.28. The topological polar surface area (TPSA) is 49.4 Å². The predicted molar refractivity (Wildman–Crippen MR) is 87.0 cm³/mol. The van der Waals surface area contributed by atoms with Crippen LogP contribution in [0.2, 0.25) is 5.02 Å². The summed E-state index contributed by atoms with van der Waals surface area (Å²) >= 11 is 6.17. The Hall–Kier alpha value is -0.620. The molecule has 4 nitrogen and oxygen atoms in total. The van der Waals surface area contributed by atoms with E-state index in [9.17, 15) is 8.42 Å². The summed E-state index contributed by atoms with van der Waals surface area (Å²) in [6.07, 6.45) is 2.30. The van der Waals surface area contributed by atoms with E-state index in [0.717, 1.165) is 18.4 Å². The molecule has 0 saturated heterocycles. The fourth-order valence-electron chi connectivity index (χ4n) is 2.24. The second-order valence-electron chi connectivity index (χ2n) is 5.75. The lowest BCUT2D eigenvalue weighted by molar-refractivity contribution is 0.391. The van der Waals surface area contributed by atoms with Gasteiger partial charge in [-0.25, -0.2) is 8.42 Å². The number of hydrogen-bond acceptors (Lipinski definition) is 3. The van der Waals surface area contributed by atoms with Gasteiger partial charge in [0.05, 0.1) is 5.25 Å². The molecule has 21 heavy (non-hydrogen) atoms. The maximum atomic E-state index is 12.6. The molecule has 1 saturated carbocycles. The number of rotatable bonds is 7. The van der Waals surface area contributed by atoms with Crippen LogP contribution in [0.4, 0.5) is 0 Å². The standard InChI is InChI=1S/C15H23ClN2O2S/c1-11(10-17-13-8-9-13)21(19,20)18(3)12(2)14-6-4-5-7-15(14)16/h4-7,11-13,17H,8-10H2,1-3H3. The molecule has 0 bridgehead atoms. The molecule has 0 radical (unpaired) electrons. The Morgan fingerprint density at radius 2 is 1.95 bits per heavy atom. The van der Waals surface area contributed by atoms with Gasteiger partial charge in [0.15, 0.2) is 0 Å². The summed E-state index contributed by atoms with van der Waals surface area (Å²) in [7, 11) is -1.74. The second-order valence-corrected chi connectivity index (χ2v) is 8.57. The quantitative estimate of drug-likeness (QED) is 0.836. The Labute approximate surface area is 132 Å². The lowest BCUT2D eigenvalue weighted by Crippen LogP contribution is -2.41. The average molecular weight is 331 g/mol. The molecule has 1 aromatic carbocycles. The molecule has 2 atom stereocenters. The molecule has 0 heterocycles. The summed E-state index contributed by atoms with van der Waals surface area (Å²) in [5, 5.41) is 3.42. The minimum atomic E-state index is -3.36. The molecule has 2 rings (SSSR count). The maximum absolute atomic E-state index is 12.6. The molecular weight excluding hydrogens is 308 g/mol. The molecule has 0 spiro atoms. The molecule has 1 fully saturated rings. The van der Waals surface area contributed by atoms with E-state index in [1.54, 1.807) is 20.0 Å². The van der Waals surface area contributed by atoms with Crippen LogP contribution in [0.5, 0.6) is 0 Å². The highest BCUT2D eigenvalue weighted by Gasteiger charge is 2.32. The van der Waals surface area contributed by atoms with Crippen LogP contribution < -0.4 is 5.32 Å². The van der Waals surface area contributed by atoms with Gasteiger partial charge in [0.1, 0.15) is 0 Å². The van der Waals surface area contributed by atoms with E-state index >= 15 is 0 Å². The minimum absolute atomic E-state index is 0.285. The number of benzene rings is 1. The summed E-state index contributed by atoms with van der Waals surface area (Å²) in [5.41, 5.74) is 0.826. The van der Waals surface area contributed by atoms with Crippen LogP contribution in [0, 0.1) is 0 Å². The van der Waals surface area contributed by atoms with Crippen LogP contribution >= 0.6 is 11.6 Å². The van der Waals surface area contributed by atoms with E-state index in [-0.39, 0.29) is 6.04 Å². The number of nitrogens with zero attached hydrogens (tertiary/aromatic N) is 1. The highest BCUT2D eigenvalue weighted by atomic mass is 35.5. The van der Waals surface area contributed by atoms with Gasteiger partial charge in [-0.3, -0.25) is 0 Å². The van der Waals surface area contributed by atoms with Crippen molar-refractivity contribution in [1.82, 2.24) is 9.62 Å². The Bertz CT molecular complexity index is 587. The van der Waals surface area contributed by atoms with Crippen molar-refractivity contribution in [2.24, 2.45) is 0 Å². The van der Waals surface area contributed by atoms with Crippen molar-refractivity contribution in [2.75, 3.05) is 13.6 Å². The lowest BCUT2D eigenvalue weighted by atomic mass is 10.1. The van der Waals surface area contributed by atoms with Crippen molar-refractivity contribution >= 4 is 21.6 Å². The van der Waals surface area contributed by atoms with E-state index in [2.05, 4.69) is 5.32 Å². The maximum Gasteiger partial charge on any atom is 0.218 e. The molecule has 1 N–H and O–H groups in total. The zero-order valence-corrected chi connectivity index (χ0v) is 14.3. The largest absolute Gasteiger partial charge is 0.313 e. The first-order valence-electron chi connectivity index (χ1n) is 7.28. The molecule has 1 aromatic rings. The third-order valence-electron chi connectivity index (χ3n) is 4.08. The summed E-state index contributed by atoms with van der Waals surface area (Å²) in [4.78, 5) is 0. The molecule has 2 unspecified atom stereocenters. The van der Waals surface area contributed by atoms with Gasteiger partial charge in [0.2, 0.25) is 10.0 Å². The normalized spacial score (nSPS) is 18.7. The number of nitrogens with one attached hydrogen (secondary N) is 1. The minimum Gasteiger partial charge on any atom is -0.313 e. The molecule has 0 aliphatic heterocycles. The van der Waals surface area contributed by atoms with Gasteiger partial charge in [-0.1, -0.05) is 29.8 Å². The number of sulfonamides is 1. The second kappa shape index (κ2) is 6.65. The first-order valence-corrected chi connectivity index (χ1v) is 9.16. The van der Waals surface area contributed by atoms with Gasteiger partial charge in [-0.15, -0.1) is 0 Å². The van der Waals surface area contributed by atoms with Crippen LogP contribution in [0.1, 0.15) is 38.3 Å². The summed E-state index contributed by atoms with van der Waals surface area (Å²) < 4.78 is 26.7. The van der Waals surface area contributed by atoms with Gasteiger partial charge >= 0.3 is 0 Å². The van der Waals surface area contributed by atoms with Crippen LogP contribution in [0.15, 0.2) is 24.3 Å². The SMILES string of the molecule is CC(c1ccccc1Cl)N(C)S(=O)(=O)C(C)CNC1CC1. The van der Waals surface area contributed by atoms with Gasteiger partial charge in [0.25, 0.3) is 0 Å². The van der Waals surface area contributed by atoms with E-state index in [0.29, 0.717) is 17.6 Å². The van der Waals surface area contributed by atoms with Gasteiger partial charge in [-0.2, -0.15) is 4.31 Å². The highest BCUT2D eigenvalue weighted by Crippen LogP contribution is 2.29. The van der Waals surface area contributed by atoms with Gasteiger partial charge < -0.3 is 5.32 Å². The van der Waals surface area contributed by atoms with Crippen molar-refractivity contribution < 1.29 is 8.42 Å². The average Bonchev–Trinajstić information content (AvgIpc) is 3.27. The monoisotopic (exact) mass is 330 g/mol. The Morgan fingerprint density at radius 3 is 2.52 bits per heavy atom. The molecule has 0 amide bonds.